The van der Waals surface area contributed by atoms with Crippen LogP contribution in [0.5, 0.6) is 5.75 Å². The van der Waals surface area contributed by atoms with Crippen LogP contribution in [0.4, 0.5) is 0 Å². The van der Waals surface area contributed by atoms with Gasteiger partial charge in [0.05, 0.1) is 24.2 Å². The second-order valence-corrected chi connectivity index (χ2v) is 8.21. The fourth-order valence-electron chi connectivity index (χ4n) is 3.60. The first-order valence-corrected chi connectivity index (χ1v) is 10.5. The molecule has 0 spiro atoms. The Labute approximate surface area is 170 Å². The van der Waals surface area contributed by atoms with E-state index < -0.39 is 0 Å². The van der Waals surface area contributed by atoms with Crippen molar-refractivity contribution in [3.05, 3.63) is 45.9 Å². The van der Waals surface area contributed by atoms with Crippen LogP contribution in [0, 0.1) is 6.92 Å². The van der Waals surface area contributed by atoms with Crippen LogP contribution in [0.1, 0.15) is 40.3 Å². The smallest absolute Gasteiger partial charge is 0.253 e. The van der Waals surface area contributed by atoms with E-state index in [0.717, 1.165) is 36.5 Å². The molecule has 1 atom stereocenters. The van der Waals surface area contributed by atoms with Crippen LogP contribution < -0.4 is 4.74 Å². The summed E-state index contributed by atoms with van der Waals surface area (Å²) in [5.41, 5.74) is 1.47. The summed E-state index contributed by atoms with van der Waals surface area (Å²) in [6.07, 6.45) is 2.93. The first kappa shape index (κ1) is 20.3. The predicted octanol–water partition coefficient (Wildman–Crippen LogP) is 3.16. The Morgan fingerprint density at radius 1 is 1.32 bits per heavy atom. The molecule has 0 bridgehead atoms. The number of aryl methyl sites for hydroxylation is 1. The molecule has 0 N–H and O–H groups in total. The monoisotopic (exact) mass is 401 g/mol. The van der Waals surface area contributed by atoms with E-state index in [1.54, 1.807) is 24.5 Å². The van der Waals surface area contributed by atoms with Gasteiger partial charge in [-0.1, -0.05) is 6.07 Å². The first-order chi connectivity index (χ1) is 13.5. The fourth-order valence-corrected chi connectivity index (χ4v) is 4.21. The Balaban J connectivity index is 1.59. The van der Waals surface area contributed by atoms with Gasteiger partial charge in [0.2, 0.25) is 5.91 Å². The predicted molar refractivity (Wildman–Crippen MR) is 110 cm³/mol. The number of methoxy groups -OCH3 is 1. The fraction of sp³-hybridized carbons (Fsp3) is 0.476. The van der Waals surface area contributed by atoms with E-state index in [4.69, 9.17) is 4.74 Å². The Morgan fingerprint density at radius 2 is 2.14 bits per heavy atom. The number of carbonyl (C=O) groups is 2. The van der Waals surface area contributed by atoms with Crippen molar-refractivity contribution in [3.8, 4) is 5.75 Å². The second kappa shape index (κ2) is 9.19. The third kappa shape index (κ3) is 4.90. The lowest BCUT2D eigenvalue weighted by Crippen LogP contribution is -2.38. The summed E-state index contributed by atoms with van der Waals surface area (Å²) < 4.78 is 5.22. The minimum Gasteiger partial charge on any atom is -0.497 e. The highest BCUT2D eigenvalue weighted by Crippen LogP contribution is 2.21. The van der Waals surface area contributed by atoms with Gasteiger partial charge in [0.1, 0.15) is 5.75 Å². The number of aromatic nitrogens is 1. The minimum atomic E-state index is -0.0124. The molecule has 0 saturated carbocycles. The van der Waals surface area contributed by atoms with Crippen LogP contribution in [-0.4, -0.2) is 59.9 Å². The SMILES string of the molecule is COc1cccc(C(=O)N(C)C2CCCN(C(=O)Cc3csc(C)n3)CC2)c1. The number of carbonyl (C=O) groups excluding carboxylic acids is 2. The van der Waals surface area contributed by atoms with E-state index in [1.807, 2.05) is 47.4 Å². The van der Waals surface area contributed by atoms with Crippen molar-refractivity contribution in [2.75, 3.05) is 27.2 Å². The molecule has 28 heavy (non-hydrogen) atoms. The average Bonchev–Trinajstić information content (AvgIpc) is 2.96. The quantitative estimate of drug-likeness (QED) is 0.772. The number of thiazole rings is 1. The number of hydrogen-bond acceptors (Lipinski definition) is 5. The molecule has 1 aromatic heterocycles. The average molecular weight is 402 g/mol. The van der Waals surface area contributed by atoms with Crippen LogP contribution in [0.15, 0.2) is 29.6 Å². The van der Waals surface area contributed by atoms with Crippen LogP contribution in [0.25, 0.3) is 0 Å². The molecule has 2 amide bonds. The van der Waals surface area contributed by atoms with Gasteiger partial charge in [-0.25, -0.2) is 4.98 Å². The zero-order valence-corrected chi connectivity index (χ0v) is 17.5. The van der Waals surface area contributed by atoms with E-state index in [-0.39, 0.29) is 17.9 Å². The van der Waals surface area contributed by atoms with Crippen molar-refractivity contribution < 1.29 is 14.3 Å². The molecule has 3 rings (SSSR count). The van der Waals surface area contributed by atoms with Crippen molar-refractivity contribution in [2.45, 2.75) is 38.6 Å². The second-order valence-electron chi connectivity index (χ2n) is 7.15. The summed E-state index contributed by atoms with van der Waals surface area (Å²) >= 11 is 1.57. The molecule has 1 fully saturated rings. The van der Waals surface area contributed by atoms with E-state index in [2.05, 4.69) is 4.98 Å². The third-order valence-corrected chi connectivity index (χ3v) is 6.06. The van der Waals surface area contributed by atoms with E-state index in [9.17, 15) is 9.59 Å². The van der Waals surface area contributed by atoms with Crippen LogP contribution in [0.3, 0.4) is 0 Å². The van der Waals surface area contributed by atoms with Crippen molar-refractivity contribution >= 4 is 23.2 Å². The van der Waals surface area contributed by atoms with Crippen LogP contribution >= 0.6 is 11.3 Å². The maximum atomic E-state index is 12.9. The van der Waals surface area contributed by atoms with Gasteiger partial charge in [-0.05, 0) is 44.4 Å². The normalized spacial score (nSPS) is 17.1. The van der Waals surface area contributed by atoms with Crippen LogP contribution in [-0.2, 0) is 11.2 Å². The van der Waals surface area contributed by atoms with Crippen molar-refractivity contribution in [1.82, 2.24) is 14.8 Å². The molecule has 7 heteroatoms. The highest BCUT2D eigenvalue weighted by molar-refractivity contribution is 7.09. The van der Waals surface area contributed by atoms with Gasteiger partial charge in [0.25, 0.3) is 5.91 Å². The third-order valence-electron chi connectivity index (χ3n) is 5.23. The Morgan fingerprint density at radius 3 is 2.86 bits per heavy atom. The molecule has 1 unspecified atom stereocenters. The molecular formula is C21H27N3O3S. The summed E-state index contributed by atoms with van der Waals surface area (Å²) in [5, 5.41) is 2.94. The lowest BCUT2D eigenvalue weighted by molar-refractivity contribution is -0.130. The highest BCUT2D eigenvalue weighted by atomic mass is 32.1. The summed E-state index contributed by atoms with van der Waals surface area (Å²) in [4.78, 5) is 33.6. The van der Waals surface area contributed by atoms with E-state index in [0.29, 0.717) is 24.3 Å². The molecule has 2 aromatic rings. The van der Waals surface area contributed by atoms with E-state index >= 15 is 0 Å². The number of likely N-dealkylation sites (tertiary alicyclic amines) is 1. The molecule has 1 aromatic carbocycles. The van der Waals surface area contributed by atoms with Crippen molar-refractivity contribution in [1.29, 1.82) is 0 Å². The Bertz CT molecular complexity index is 836. The number of ether oxygens (including phenoxy) is 1. The summed E-state index contributed by atoms with van der Waals surface area (Å²) in [6, 6.07) is 7.35. The zero-order chi connectivity index (χ0) is 20.1. The van der Waals surface area contributed by atoms with Gasteiger partial charge >= 0.3 is 0 Å². The van der Waals surface area contributed by atoms with Crippen LogP contribution in [0.2, 0.25) is 0 Å². The molecule has 1 aliphatic heterocycles. The van der Waals surface area contributed by atoms with Gasteiger partial charge in [-0.15, -0.1) is 11.3 Å². The lowest BCUT2D eigenvalue weighted by Gasteiger charge is -2.27. The molecule has 6 nitrogen and oxygen atoms in total. The molecule has 0 aliphatic carbocycles. The van der Waals surface area contributed by atoms with Crippen molar-refractivity contribution in [2.24, 2.45) is 0 Å². The Kier molecular flexibility index (Phi) is 6.67. The summed E-state index contributed by atoms with van der Waals surface area (Å²) in [6.45, 7) is 3.35. The summed E-state index contributed by atoms with van der Waals surface area (Å²) in [5.74, 6) is 0.781. The van der Waals surface area contributed by atoms with Gasteiger partial charge in [-0.2, -0.15) is 0 Å². The van der Waals surface area contributed by atoms with Gasteiger partial charge in [0, 0.05) is 37.1 Å². The molecule has 1 aliphatic rings. The number of amides is 2. The highest BCUT2D eigenvalue weighted by Gasteiger charge is 2.26. The topological polar surface area (TPSA) is 62.7 Å². The van der Waals surface area contributed by atoms with Gasteiger partial charge in [0.15, 0.2) is 0 Å². The van der Waals surface area contributed by atoms with Crippen molar-refractivity contribution in [3.63, 3.8) is 0 Å². The molecular weight excluding hydrogens is 374 g/mol. The minimum absolute atomic E-state index is 0.0124. The number of rotatable bonds is 5. The first-order valence-electron chi connectivity index (χ1n) is 9.58. The van der Waals surface area contributed by atoms with Gasteiger partial charge < -0.3 is 14.5 Å². The lowest BCUT2D eigenvalue weighted by atomic mass is 10.1. The van der Waals surface area contributed by atoms with E-state index in [1.165, 1.54) is 0 Å². The zero-order valence-electron chi connectivity index (χ0n) is 16.7. The number of hydrogen-bond donors (Lipinski definition) is 0. The molecule has 2 heterocycles. The van der Waals surface area contributed by atoms with Gasteiger partial charge in [-0.3, -0.25) is 9.59 Å². The molecule has 0 radical (unpaired) electrons. The number of benzene rings is 1. The number of nitrogens with zero attached hydrogens (tertiary/aromatic N) is 3. The standard InChI is InChI=1S/C21H27N3O3S/c1-15-22-17(14-28-15)13-20(25)24-10-5-7-18(9-11-24)23(2)21(26)16-6-4-8-19(12-16)27-3/h4,6,8,12,14,18H,5,7,9-11,13H2,1-3H3. The molecule has 150 valence electrons. The molecule has 1 saturated heterocycles. The summed E-state index contributed by atoms with van der Waals surface area (Å²) in [7, 11) is 3.44. The Hall–Kier alpha value is -2.41. The maximum Gasteiger partial charge on any atom is 0.253 e. The largest absolute Gasteiger partial charge is 0.497 e. The maximum absolute atomic E-state index is 12.9.